The summed E-state index contributed by atoms with van der Waals surface area (Å²) in [7, 11) is 0. The molecule has 0 bridgehead atoms. The van der Waals surface area contributed by atoms with E-state index in [2.05, 4.69) is 5.32 Å². The number of hydrogen-bond acceptors (Lipinski definition) is 4. The fraction of sp³-hybridized carbons (Fsp3) is 0.818. The summed E-state index contributed by atoms with van der Waals surface area (Å²) in [6, 6.07) is 0. The van der Waals surface area contributed by atoms with Gasteiger partial charge in [0.1, 0.15) is 6.54 Å². The molecule has 0 atom stereocenters. The van der Waals surface area contributed by atoms with E-state index < -0.39 is 11.1 Å². The lowest BCUT2D eigenvalue weighted by Gasteiger charge is -2.38. The first-order valence-electron chi connectivity index (χ1n) is 5.52. The average molecular weight is 260 g/mol. The standard InChI is InChI=1S/C11H20N2O3S/c1-10(2,11(3,4)16)12-8(14)5-13-7-17-6-9(13)15/h16H,5-7H2,1-4H3,(H,12,14). The summed E-state index contributed by atoms with van der Waals surface area (Å²) >= 11 is 1.50. The Balaban J connectivity index is 2.52. The number of hydrogen-bond donors (Lipinski definition) is 2. The van der Waals surface area contributed by atoms with Gasteiger partial charge in [0, 0.05) is 0 Å². The van der Waals surface area contributed by atoms with E-state index in [-0.39, 0.29) is 18.4 Å². The van der Waals surface area contributed by atoms with Crippen molar-refractivity contribution in [1.29, 1.82) is 0 Å². The summed E-state index contributed by atoms with van der Waals surface area (Å²) in [6.45, 7) is 6.86. The van der Waals surface area contributed by atoms with Crippen LogP contribution >= 0.6 is 11.8 Å². The zero-order chi connectivity index (χ0) is 13.3. The number of thioether (sulfide) groups is 1. The molecular formula is C11H20N2O3S. The van der Waals surface area contributed by atoms with Gasteiger partial charge in [0.25, 0.3) is 0 Å². The second-order valence-electron chi connectivity index (χ2n) is 5.30. The maximum Gasteiger partial charge on any atom is 0.240 e. The Hall–Kier alpha value is -0.750. The van der Waals surface area contributed by atoms with Gasteiger partial charge in [-0.25, -0.2) is 0 Å². The molecule has 6 heteroatoms. The van der Waals surface area contributed by atoms with Crippen molar-refractivity contribution in [3.8, 4) is 0 Å². The lowest BCUT2D eigenvalue weighted by molar-refractivity contribution is -0.134. The molecule has 1 aliphatic heterocycles. The van der Waals surface area contributed by atoms with Crippen molar-refractivity contribution >= 4 is 23.6 Å². The van der Waals surface area contributed by atoms with Gasteiger partial charge in [0.2, 0.25) is 11.8 Å². The Morgan fingerprint density at radius 1 is 1.47 bits per heavy atom. The highest BCUT2D eigenvalue weighted by Gasteiger charge is 2.37. The summed E-state index contributed by atoms with van der Waals surface area (Å²) in [4.78, 5) is 24.6. The summed E-state index contributed by atoms with van der Waals surface area (Å²) in [5, 5.41) is 12.7. The molecule has 5 nitrogen and oxygen atoms in total. The smallest absolute Gasteiger partial charge is 0.240 e. The van der Waals surface area contributed by atoms with Gasteiger partial charge in [-0.3, -0.25) is 9.59 Å². The Bertz CT molecular complexity index is 323. The minimum Gasteiger partial charge on any atom is -0.388 e. The van der Waals surface area contributed by atoms with Crippen molar-refractivity contribution in [1.82, 2.24) is 10.2 Å². The van der Waals surface area contributed by atoms with Crippen LogP contribution in [0.2, 0.25) is 0 Å². The molecule has 1 aliphatic rings. The van der Waals surface area contributed by atoms with Crippen molar-refractivity contribution in [2.45, 2.75) is 38.8 Å². The third kappa shape index (κ3) is 3.61. The fourth-order valence-corrected chi connectivity index (χ4v) is 2.16. The van der Waals surface area contributed by atoms with Crippen LogP contribution in [0.1, 0.15) is 27.7 Å². The highest BCUT2D eigenvalue weighted by Crippen LogP contribution is 2.20. The predicted octanol–water partition coefficient (Wildman–Crippen LogP) is 0.185. The normalized spacial score (nSPS) is 17.5. The van der Waals surface area contributed by atoms with E-state index in [0.717, 1.165) is 0 Å². The number of carbonyl (C=O) groups excluding carboxylic acids is 2. The molecule has 0 aromatic carbocycles. The molecular weight excluding hydrogens is 240 g/mol. The summed E-state index contributed by atoms with van der Waals surface area (Å²) in [6.07, 6.45) is 0. The lowest BCUT2D eigenvalue weighted by atomic mass is 9.86. The third-order valence-corrected chi connectivity index (χ3v) is 4.09. The quantitative estimate of drug-likeness (QED) is 0.757. The topological polar surface area (TPSA) is 69.6 Å². The van der Waals surface area contributed by atoms with Gasteiger partial charge in [-0.2, -0.15) is 0 Å². The SMILES string of the molecule is CC(C)(O)C(C)(C)NC(=O)CN1CSCC1=O. The molecule has 0 aromatic rings. The molecule has 1 saturated heterocycles. The van der Waals surface area contributed by atoms with E-state index in [1.54, 1.807) is 27.7 Å². The number of carbonyl (C=O) groups is 2. The van der Waals surface area contributed by atoms with Crippen LogP contribution < -0.4 is 5.32 Å². The first kappa shape index (κ1) is 14.3. The molecule has 1 fully saturated rings. The zero-order valence-electron chi connectivity index (χ0n) is 10.7. The molecule has 98 valence electrons. The van der Waals surface area contributed by atoms with Gasteiger partial charge in [0.15, 0.2) is 0 Å². The highest BCUT2D eigenvalue weighted by atomic mass is 32.2. The highest BCUT2D eigenvalue weighted by molar-refractivity contribution is 8.00. The van der Waals surface area contributed by atoms with Crippen LogP contribution in [-0.2, 0) is 9.59 Å². The van der Waals surface area contributed by atoms with E-state index in [1.165, 1.54) is 16.7 Å². The van der Waals surface area contributed by atoms with Crippen LogP contribution in [-0.4, -0.2) is 51.1 Å². The van der Waals surface area contributed by atoms with Crippen LogP contribution in [0.15, 0.2) is 0 Å². The third-order valence-electron chi connectivity index (χ3n) is 3.14. The molecule has 17 heavy (non-hydrogen) atoms. The lowest BCUT2D eigenvalue weighted by Crippen LogP contribution is -2.59. The maximum atomic E-state index is 11.8. The van der Waals surface area contributed by atoms with Crippen molar-refractivity contribution in [3.63, 3.8) is 0 Å². The Morgan fingerprint density at radius 2 is 2.06 bits per heavy atom. The summed E-state index contributed by atoms with van der Waals surface area (Å²) < 4.78 is 0. The van der Waals surface area contributed by atoms with Crippen LogP contribution in [0.5, 0.6) is 0 Å². The number of aliphatic hydroxyl groups is 1. The van der Waals surface area contributed by atoms with Crippen LogP contribution in [0.25, 0.3) is 0 Å². The Labute approximate surface area is 106 Å². The fourth-order valence-electron chi connectivity index (χ4n) is 1.25. The van der Waals surface area contributed by atoms with E-state index in [0.29, 0.717) is 11.6 Å². The van der Waals surface area contributed by atoms with Crippen LogP contribution in [0.4, 0.5) is 0 Å². The van der Waals surface area contributed by atoms with Gasteiger partial charge >= 0.3 is 0 Å². The average Bonchev–Trinajstić information content (AvgIpc) is 2.48. The number of rotatable bonds is 4. The van der Waals surface area contributed by atoms with Crippen LogP contribution in [0, 0.1) is 0 Å². The van der Waals surface area contributed by atoms with Gasteiger partial charge in [-0.05, 0) is 27.7 Å². The number of nitrogens with zero attached hydrogens (tertiary/aromatic N) is 1. The molecule has 0 aromatic heterocycles. The van der Waals surface area contributed by atoms with Crippen molar-refractivity contribution < 1.29 is 14.7 Å². The van der Waals surface area contributed by atoms with Gasteiger partial charge in [-0.1, -0.05) is 0 Å². The molecule has 0 saturated carbocycles. The number of amides is 2. The minimum atomic E-state index is -1.02. The minimum absolute atomic E-state index is 0.00813. The molecule has 0 spiro atoms. The van der Waals surface area contributed by atoms with E-state index in [1.807, 2.05) is 0 Å². The van der Waals surface area contributed by atoms with Crippen molar-refractivity contribution in [2.75, 3.05) is 18.2 Å². The summed E-state index contributed by atoms with van der Waals surface area (Å²) in [5.74, 6) is 0.761. The molecule has 1 rings (SSSR count). The van der Waals surface area contributed by atoms with E-state index in [9.17, 15) is 14.7 Å². The second kappa shape index (κ2) is 4.86. The van der Waals surface area contributed by atoms with Gasteiger partial charge in [-0.15, -0.1) is 11.8 Å². The number of nitrogens with one attached hydrogen (secondary N) is 1. The van der Waals surface area contributed by atoms with E-state index in [4.69, 9.17) is 0 Å². The van der Waals surface area contributed by atoms with E-state index >= 15 is 0 Å². The molecule has 0 aliphatic carbocycles. The van der Waals surface area contributed by atoms with Crippen molar-refractivity contribution in [2.24, 2.45) is 0 Å². The largest absolute Gasteiger partial charge is 0.388 e. The predicted molar refractivity (Wildman–Crippen MR) is 67.6 cm³/mol. The molecule has 0 unspecified atom stereocenters. The second-order valence-corrected chi connectivity index (χ2v) is 6.26. The van der Waals surface area contributed by atoms with Gasteiger partial charge < -0.3 is 15.3 Å². The Kier molecular flexibility index (Phi) is 4.09. The molecule has 1 heterocycles. The molecule has 2 N–H and O–H groups in total. The van der Waals surface area contributed by atoms with Gasteiger partial charge in [0.05, 0.1) is 22.8 Å². The Morgan fingerprint density at radius 3 is 2.47 bits per heavy atom. The monoisotopic (exact) mass is 260 g/mol. The summed E-state index contributed by atoms with van der Waals surface area (Å²) in [5.41, 5.74) is -1.76. The first-order valence-corrected chi connectivity index (χ1v) is 6.68. The maximum absolute atomic E-state index is 11.8. The van der Waals surface area contributed by atoms with Crippen molar-refractivity contribution in [3.05, 3.63) is 0 Å². The zero-order valence-corrected chi connectivity index (χ0v) is 11.6. The van der Waals surface area contributed by atoms with Crippen LogP contribution in [0.3, 0.4) is 0 Å². The molecule has 2 amide bonds. The first-order chi connectivity index (χ1) is 7.63. The molecule has 0 radical (unpaired) electrons.